The van der Waals surface area contributed by atoms with E-state index in [1.807, 2.05) is 38.1 Å². The van der Waals surface area contributed by atoms with Gasteiger partial charge in [-0.2, -0.15) is 0 Å². The molecule has 0 aromatic heterocycles. The van der Waals surface area contributed by atoms with Crippen LogP contribution in [-0.4, -0.2) is 40.3 Å². The number of hydrogen-bond acceptors (Lipinski definition) is 4. The predicted molar refractivity (Wildman–Crippen MR) is 133 cm³/mol. The van der Waals surface area contributed by atoms with Crippen molar-refractivity contribution >= 4 is 40.9 Å². The van der Waals surface area contributed by atoms with Gasteiger partial charge in [0.15, 0.2) is 0 Å². The van der Waals surface area contributed by atoms with E-state index in [9.17, 15) is 14.4 Å². The fourth-order valence-corrected chi connectivity index (χ4v) is 4.71. The van der Waals surface area contributed by atoms with Crippen molar-refractivity contribution in [2.75, 3.05) is 22.3 Å². The Balaban J connectivity index is 1.41. The number of amides is 3. The topological polar surface area (TPSA) is 78.5 Å². The van der Waals surface area contributed by atoms with E-state index in [1.54, 1.807) is 65.2 Å². The molecular formula is C26H25N3O3S. The molecule has 4 rings (SSSR count). The first-order valence-corrected chi connectivity index (χ1v) is 11.8. The molecule has 0 aliphatic carbocycles. The normalized spacial score (nSPS) is 15.2. The van der Waals surface area contributed by atoms with Crippen LogP contribution < -0.4 is 10.6 Å². The van der Waals surface area contributed by atoms with Gasteiger partial charge < -0.3 is 15.5 Å². The van der Waals surface area contributed by atoms with Crippen molar-refractivity contribution in [2.45, 2.75) is 19.9 Å². The Morgan fingerprint density at radius 3 is 2.21 bits per heavy atom. The van der Waals surface area contributed by atoms with Crippen molar-refractivity contribution in [2.24, 2.45) is 0 Å². The molecule has 1 unspecified atom stereocenters. The average molecular weight is 460 g/mol. The van der Waals surface area contributed by atoms with E-state index in [0.717, 1.165) is 16.8 Å². The van der Waals surface area contributed by atoms with E-state index >= 15 is 0 Å². The number of hydrogen-bond donors (Lipinski definition) is 2. The van der Waals surface area contributed by atoms with Gasteiger partial charge >= 0.3 is 0 Å². The minimum Gasteiger partial charge on any atom is -0.324 e. The molecule has 168 valence electrons. The zero-order chi connectivity index (χ0) is 23.4. The lowest BCUT2D eigenvalue weighted by Gasteiger charge is -2.23. The Bertz CT molecular complexity index is 1180. The molecule has 1 aliphatic rings. The molecule has 3 aromatic carbocycles. The maximum atomic E-state index is 13.1. The highest BCUT2D eigenvalue weighted by atomic mass is 32.2. The third-order valence-electron chi connectivity index (χ3n) is 5.65. The summed E-state index contributed by atoms with van der Waals surface area (Å²) in [5, 5.41) is 5.77. The van der Waals surface area contributed by atoms with Crippen molar-refractivity contribution in [1.29, 1.82) is 0 Å². The maximum absolute atomic E-state index is 13.1. The third kappa shape index (κ3) is 5.26. The van der Waals surface area contributed by atoms with E-state index in [1.165, 1.54) is 0 Å². The maximum Gasteiger partial charge on any atom is 0.255 e. The van der Waals surface area contributed by atoms with Gasteiger partial charge in [0.25, 0.3) is 11.8 Å². The van der Waals surface area contributed by atoms with Crippen LogP contribution in [0.15, 0.2) is 72.8 Å². The van der Waals surface area contributed by atoms with Crippen LogP contribution in [0, 0.1) is 13.8 Å². The molecule has 2 N–H and O–H groups in total. The number of aryl methyl sites for hydroxylation is 2. The summed E-state index contributed by atoms with van der Waals surface area (Å²) >= 11 is 1.55. The fraction of sp³-hybridized carbons (Fsp3) is 0.192. The molecule has 1 saturated heterocycles. The number of thioether (sulfide) groups is 1. The first-order valence-electron chi connectivity index (χ1n) is 10.7. The summed E-state index contributed by atoms with van der Waals surface area (Å²) in [5.74, 6) is 0.391. The number of anilines is 2. The van der Waals surface area contributed by atoms with Crippen molar-refractivity contribution in [1.82, 2.24) is 4.90 Å². The third-order valence-corrected chi connectivity index (χ3v) is 6.66. The summed E-state index contributed by atoms with van der Waals surface area (Å²) in [4.78, 5) is 39.9. The Kier molecular flexibility index (Phi) is 6.79. The lowest BCUT2D eigenvalue weighted by molar-refractivity contribution is -0.119. The molecule has 3 aromatic rings. The van der Waals surface area contributed by atoms with Gasteiger partial charge in [0.05, 0.1) is 5.88 Å². The summed E-state index contributed by atoms with van der Waals surface area (Å²) in [6.07, 6.45) is 0. The van der Waals surface area contributed by atoms with Crippen molar-refractivity contribution in [3.63, 3.8) is 0 Å². The molecule has 1 heterocycles. The monoisotopic (exact) mass is 459 g/mol. The second-order valence-corrected chi connectivity index (χ2v) is 8.98. The van der Waals surface area contributed by atoms with Gasteiger partial charge in [-0.05, 0) is 73.5 Å². The number of rotatable bonds is 5. The molecule has 7 heteroatoms. The van der Waals surface area contributed by atoms with E-state index < -0.39 is 6.04 Å². The molecule has 3 amide bonds. The van der Waals surface area contributed by atoms with Crippen molar-refractivity contribution in [3.8, 4) is 0 Å². The van der Waals surface area contributed by atoms with E-state index in [4.69, 9.17) is 0 Å². The molecule has 0 bridgehead atoms. The van der Waals surface area contributed by atoms with Crippen LogP contribution in [-0.2, 0) is 4.79 Å². The Morgan fingerprint density at radius 1 is 0.818 bits per heavy atom. The zero-order valence-electron chi connectivity index (χ0n) is 18.5. The molecular weight excluding hydrogens is 434 g/mol. The Hall–Kier alpha value is -3.58. The van der Waals surface area contributed by atoms with E-state index in [2.05, 4.69) is 10.6 Å². The van der Waals surface area contributed by atoms with Crippen LogP contribution in [0.2, 0.25) is 0 Å². The standard InChI is InChI=1S/C26H25N3O3S/c1-17-8-11-22(14-18(17)2)28-25(31)23-15-33-16-29(23)26(32)20-9-12-21(13-10-20)27-24(30)19-6-4-3-5-7-19/h3-14,23H,15-16H2,1-2H3,(H,27,30)(H,28,31). The number of carbonyl (C=O) groups excluding carboxylic acids is 3. The quantitative estimate of drug-likeness (QED) is 0.579. The van der Waals surface area contributed by atoms with Crippen molar-refractivity contribution < 1.29 is 14.4 Å². The number of nitrogens with zero attached hydrogens (tertiary/aromatic N) is 1. The van der Waals surface area contributed by atoms with Gasteiger partial charge in [-0.15, -0.1) is 11.8 Å². The van der Waals surface area contributed by atoms with Gasteiger partial charge in [-0.25, -0.2) is 0 Å². The molecule has 0 radical (unpaired) electrons. The van der Waals surface area contributed by atoms with Crippen LogP contribution >= 0.6 is 11.8 Å². The lowest BCUT2D eigenvalue weighted by Crippen LogP contribution is -2.44. The molecule has 0 spiro atoms. The van der Waals surface area contributed by atoms with E-state index in [0.29, 0.717) is 28.4 Å². The van der Waals surface area contributed by atoms with Gasteiger partial charge in [0.1, 0.15) is 6.04 Å². The fourth-order valence-electron chi connectivity index (χ4n) is 3.56. The SMILES string of the molecule is Cc1ccc(NC(=O)C2CSCN2C(=O)c2ccc(NC(=O)c3ccccc3)cc2)cc1C. The molecule has 1 atom stereocenters. The lowest BCUT2D eigenvalue weighted by atomic mass is 10.1. The number of benzene rings is 3. The molecule has 0 saturated carbocycles. The van der Waals surface area contributed by atoms with Crippen LogP contribution in [0.4, 0.5) is 11.4 Å². The van der Waals surface area contributed by atoms with Crippen LogP contribution in [0.5, 0.6) is 0 Å². The molecule has 33 heavy (non-hydrogen) atoms. The Morgan fingerprint density at radius 2 is 1.52 bits per heavy atom. The minimum absolute atomic E-state index is 0.191. The van der Waals surface area contributed by atoms with Gasteiger partial charge in [0.2, 0.25) is 5.91 Å². The zero-order valence-corrected chi connectivity index (χ0v) is 19.3. The van der Waals surface area contributed by atoms with Gasteiger partial charge in [0, 0.05) is 28.3 Å². The van der Waals surface area contributed by atoms with Crippen LogP contribution in [0.25, 0.3) is 0 Å². The summed E-state index contributed by atoms with van der Waals surface area (Å²) < 4.78 is 0. The van der Waals surface area contributed by atoms with Crippen LogP contribution in [0.3, 0.4) is 0 Å². The second-order valence-electron chi connectivity index (χ2n) is 7.98. The number of nitrogens with one attached hydrogen (secondary N) is 2. The summed E-state index contributed by atoms with van der Waals surface area (Å²) in [5.41, 5.74) is 4.61. The highest BCUT2D eigenvalue weighted by Crippen LogP contribution is 2.25. The highest BCUT2D eigenvalue weighted by molar-refractivity contribution is 7.99. The summed E-state index contributed by atoms with van der Waals surface area (Å²) in [6.45, 7) is 4.02. The van der Waals surface area contributed by atoms with Crippen molar-refractivity contribution in [3.05, 3.63) is 95.1 Å². The molecule has 1 fully saturated rings. The largest absolute Gasteiger partial charge is 0.324 e. The second kappa shape index (κ2) is 9.92. The Labute approximate surface area is 197 Å². The van der Waals surface area contributed by atoms with Gasteiger partial charge in [-0.3, -0.25) is 14.4 Å². The number of carbonyl (C=O) groups is 3. The molecule has 1 aliphatic heterocycles. The highest BCUT2D eigenvalue weighted by Gasteiger charge is 2.35. The van der Waals surface area contributed by atoms with Crippen LogP contribution in [0.1, 0.15) is 31.8 Å². The first kappa shape index (κ1) is 22.6. The average Bonchev–Trinajstić information content (AvgIpc) is 3.32. The van der Waals surface area contributed by atoms with Gasteiger partial charge in [-0.1, -0.05) is 24.3 Å². The summed E-state index contributed by atoms with van der Waals surface area (Å²) in [7, 11) is 0. The van der Waals surface area contributed by atoms with E-state index in [-0.39, 0.29) is 17.7 Å². The smallest absolute Gasteiger partial charge is 0.255 e. The predicted octanol–water partition coefficient (Wildman–Crippen LogP) is 4.71. The molecule has 6 nitrogen and oxygen atoms in total. The summed E-state index contributed by atoms with van der Waals surface area (Å²) in [6, 6.07) is 20.9. The minimum atomic E-state index is -0.540. The first-order chi connectivity index (χ1) is 15.9.